The van der Waals surface area contributed by atoms with Gasteiger partial charge in [0.1, 0.15) is 22.2 Å². The third kappa shape index (κ3) is 3.64. The first kappa shape index (κ1) is 18.5. The number of carboxylic acids is 1. The van der Waals surface area contributed by atoms with E-state index in [1.165, 1.54) is 11.3 Å². The molecule has 1 fully saturated rings. The van der Waals surface area contributed by atoms with E-state index in [-0.39, 0.29) is 18.6 Å². The molecule has 2 unspecified atom stereocenters. The van der Waals surface area contributed by atoms with E-state index in [0.717, 1.165) is 24.5 Å². The van der Waals surface area contributed by atoms with Gasteiger partial charge in [-0.1, -0.05) is 37.3 Å². The Bertz CT molecular complexity index is 771. The Morgan fingerprint density at radius 1 is 1.38 bits per heavy atom. The van der Waals surface area contributed by atoms with Crippen molar-refractivity contribution in [2.75, 3.05) is 13.2 Å². The molecule has 1 aromatic heterocycles. The van der Waals surface area contributed by atoms with Crippen LogP contribution >= 0.6 is 11.3 Å². The molecule has 1 aromatic carbocycles. The van der Waals surface area contributed by atoms with E-state index >= 15 is 0 Å². The average Bonchev–Trinajstić information content (AvgIpc) is 3.34. The minimum atomic E-state index is -1.16. The van der Waals surface area contributed by atoms with Crippen LogP contribution in [0.3, 0.4) is 0 Å². The maximum Gasteiger partial charge on any atom is 0.315 e. The summed E-state index contributed by atoms with van der Waals surface area (Å²) in [6, 6.07) is 9.01. The number of amides is 1. The van der Waals surface area contributed by atoms with Gasteiger partial charge in [0, 0.05) is 18.5 Å². The first-order valence-corrected chi connectivity index (χ1v) is 9.59. The molecule has 2 aromatic rings. The zero-order valence-corrected chi connectivity index (χ0v) is 15.4. The van der Waals surface area contributed by atoms with Gasteiger partial charge in [-0.3, -0.25) is 9.59 Å². The van der Waals surface area contributed by atoms with Gasteiger partial charge < -0.3 is 15.2 Å². The van der Waals surface area contributed by atoms with Crippen LogP contribution in [0.5, 0.6) is 0 Å². The molecule has 0 bridgehead atoms. The number of benzene rings is 1. The molecule has 0 aliphatic carbocycles. The molecule has 1 aliphatic rings. The lowest BCUT2D eigenvalue weighted by molar-refractivity contribution is -0.143. The number of aliphatic carboxylic acids is 1. The summed E-state index contributed by atoms with van der Waals surface area (Å²) in [5.41, 5.74) is -0.178. The maximum atomic E-state index is 12.5. The number of nitrogens with zero attached hydrogens (tertiary/aromatic N) is 1. The number of nitrogens with one attached hydrogen (secondary N) is 1. The third-order valence-corrected chi connectivity index (χ3v) is 5.79. The van der Waals surface area contributed by atoms with Crippen LogP contribution in [0.25, 0.3) is 0 Å². The number of ether oxygens (including phenoxy) is 1. The largest absolute Gasteiger partial charge is 0.481 e. The van der Waals surface area contributed by atoms with E-state index in [1.54, 1.807) is 29.6 Å². The number of carbonyl (C=O) groups excluding carboxylic acids is 1. The first-order chi connectivity index (χ1) is 12.6. The second-order valence-corrected chi connectivity index (χ2v) is 7.25. The van der Waals surface area contributed by atoms with Gasteiger partial charge in [-0.05, 0) is 24.8 Å². The summed E-state index contributed by atoms with van der Waals surface area (Å²) in [4.78, 5) is 28.9. The SMILES string of the molecule is CCC(CNC(=O)c1csc(C2CCCO2)n1)(C(=O)O)c1ccccc1. The van der Waals surface area contributed by atoms with Crippen LogP contribution in [0.2, 0.25) is 0 Å². The van der Waals surface area contributed by atoms with Crippen molar-refractivity contribution in [3.05, 3.63) is 52.0 Å². The molecule has 0 saturated carbocycles. The number of thiazole rings is 1. The Balaban J connectivity index is 1.73. The van der Waals surface area contributed by atoms with E-state index in [2.05, 4.69) is 10.3 Å². The summed E-state index contributed by atoms with van der Waals surface area (Å²) in [7, 11) is 0. The van der Waals surface area contributed by atoms with Crippen LogP contribution in [-0.4, -0.2) is 35.1 Å². The highest BCUT2D eigenvalue weighted by Gasteiger charge is 2.39. The quantitative estimate of drug-likeness (QED) is 0.777. The molecule has 3 rings (SSSR count). The Labute approximate surface area is 156 Å². The highest BCUT2D eigenvalue weighted by Crippen LogP contribution is 2.31. The number of rotatable bonds is 7. The number of aromatic nitrogens is 1. The van der Waals surface area contributed by atoms with Crippen molar-refractivity contribution in [1.29, 1.82) is 0 Å². The van der Waals surface area contributed by atoms with Crippen molar-refractivity contribution in [1.82, 2.24) is 10.3 Å². The van der Waals surface area contributed by atoms with Gasteiger partial charge in [-0.2, -0.15) is 0 Å². The lowest BCUT2D eigenvalue weighted by Crippen LogP contribution is -2.46. The van der Waals surface area contributed by atoms with Crippen molar-refractivity contribution in [3.63, 3.8) is 0 Å². The van der Waals surface area contributed by atoms with Crippen LogP contribution in [0.1, 0.15) is 53.3 Å². The molecule has 7 heteroatoms. The van der Waals surface area contributed by atoms with Gasteiger partial charge in [-0.25, -0.2) is 4.98 Å². The van der Waals surface area contributed by atoms with Crippen molar-refractivity contribution >= 4 is 23.2 Å². The fraction of sp³-hybridized carbons (Fsp3) is 0.421. The van der Waals surface area contributed by atoms with Gasteiger partial charge in [0.05, 0.1) is 0 Å². The van der Waals surface area contributed by atoms with E-state index < -0.39 is 11.4 Å². The standard InChI is InChI=1S/C19H22N2O4S/c1-2-19(18(23)24,13-7-4-3-5-8-13)12-20-16(22)14-11-26-17(21-14)15-9-6-10-25-15/h3-5,7-8,11,15H,2,6,9-10,12H2,1H3,(H,20,22)(H,23,24). The van der Waals surface area contributed by atoms with E-state index in [0.29, 0.717) is 17.7 Å². The number of carboxylic acid groups (broad SMARTS) is 1. The predicted molar refractivity (Wildman–Crippen MR) is 98.4 cm³/mol. The molecule has 0 radical (unpaired) electrons. The summed E-state index contributed by atoms with van der Waals surface area (Å²) in [6.45, 7) is 2.54. The molecule has 2 N–H and O–H groups in total. The zero-order chi connectivity index (χ0) is 18.6. The Morgan fingerprint density at radius 2 is 2.15 bits per heavy atom. The first-order valence-electron chi connectivity index (χ1n) is 8.71. The predicted octanol–water partition coefficient (Wildman–Crippen LogP) is 3.16. The molecule has 2 heterocycles. The molecular formula is C19H22N2O4S. The summed E-state index contributed by atoms with van der Waals surface area (Å²) in [5, 5.41) is 15.1. The molecule has 6 nitrogen and oxygen atoms in total. The molecule has 2 atom stereocenters. The molecule has 138 valence electrons. The normalized spacial score (nSPS) is 19.0. The average molecular weight is 374 g/mol. The zero-order valence-electron chi connectivity index (χ0n) is 14.6. The van der Waals surface area contributed by atoms with Crippen molar-refractivity contribution in [2.45, 2.75) is 37.7 Å². The number of hydrogen-bond donors (Lipinski definition) is 2. The smallest absolute Gasteiger partial charge is 0.315 e. The monoisotopic (exact) mass is 374 g/mol. The van der Waals surface area contributed by atoms with E-state index in [4.69, 9.17) is 4.74 Å². The second-order valence-electron chi connectivity index (χ2n) is 6.36. The van der Waals surface area contributed by atoms with Crippen LogP contribution < -0.4 is 5.32 Å². The van der Waals surface area contributed by atoms with Crippen LogP contribution in [-0.2, 0) is 14.9 Å². The van der Waals surface area contributed by atoms with Crippen molar-refractivity contribution in [2.24, 2.45) is 0 Å². The van der Waals surface area contributed by atoms with Crippen LogP contribution in [0, 0.1) is 0 Å². The minimum Gasteiger partial charge on any atom is -0.481 e. The van der Waals surface area contributed by atoms with Crippen molar-refractivity contribution in [3.8, 4) is 0 Å². The summed E-state index contributed by atoms with van der Waals surface area (Å²) in [6.07, 6.45) is 2.26. The summed E-state index contributed by atoms with van der Waals surface area (Å²) >= 11 is 1.40. The summed E-state index contributed by atoms with van der Waals surface area (Å²) in [5.74, 6) is -1.31. The molecule has 1 saturated heterocycles. The van der Waals surface area contributed by atoms with Gasteiger partial charge in [0.25, 0.3) is 5.91 Å². The fourth-order valence-corrected chi connectivity index (χ4v) is 4.05. The minimum absolute atomic E-state index is 0.00840. The Morgan fingerprint density at radius 3 is 2.77 bits per heavy atom. The van der Waals surface area contributed by atoms with E-state index in [1.807, 2.05) is 13.0 Å². The van der Waals surface area contributed by atoms with E-state index in [9.17, 15) is 14.7 Å². The Hall–Kier alpha value is -2.25. The van der Waals surface area contributed by atoms with Gasteiger partial charge >= 0.3 is 5.97 Å². The molecule has 0 spiro atoms. The molecule has 1 amide bonds. The van der Waals surface area contributed by atoms with Crippen LogP contribution in [0.15, 0.2) is 35.7 Å². The van der Waals surface area contributed by atoms with Gasteiger partial charge in [-0.15, -0.1) is 11.3 Å². The topological polar surface area (TPSA) is 88.5 Å². The highest BCUT2D eigenvalue weighted by atomic mass is 32.1. The third-order valence-electron chi connectivity index (χ3n) is 4.85. The summed E-state index contributed by atoms with van der Waals surface area (Å²) < 4.78 is 5.59. The lowest BCUT2D eigenvalue weighted by atomic mass is 9.78. The maximum absolute atomic E-state index is 12.5. The molecular weight excluding hydrogens is 352 g/mol. The fourth-order valence-electron chi connectivity index (χ4n) is 3.17. The molecule has 26 heavy (non-hydrogen) atoms. The Kier molecular flexibility index (Phi) is 5.68. The number of carbonyl (C=O) groups is 2. The number of hydrogen-bond acceptors (Lipinski definition) is 5. The van der Waals surface area contributed by atoms with Crippen LogP contribution in [0.4, 0.5) is 0 Å². The van der Waals surface area contributed by atoms with Crippen molar-refractivity contribution < 1.29 is 19.4 Å². The highest BCUT2D eigenvalue weighted by molar-refractivity contribution is 7.09. The second kappa shape index (κ2) is 7.97. The van der Waals surface area contributed by atoms with Gasteiger partial charge in [0.15, 0.2) is 0 Å². The molecule has 1 aliphatic heterocycles. The van der Waals surface area contributed by atoms with Gasteiger partial charge in [0.2, 0.25) is 0 Å². The lowest BCUT2D eigenvalue weighted by Gasteiger charge is -2.28.